The van der Waals surface area contributed by atoms with Gasteiger partial charge in [-0.05, 0) is 79.1 Å². The van der Waals surface area contributed by atoms with Crippen molar-refractivity contribution < 1.29 is 0 Å². The van der Waals surface area contributed by atoms with Crippen LogP contribution in [0.1, 0.15) is 61.7 Å². The molecular weight excluding hydrogens is 420 g/mol. The fraction of sp³-hybridized carbons (Fsp3) is 0.357. The maximum absolute atomic E-state index is 4.88. The highest BCUT2D eigenvalue weighted by Gasteiger charge is 2.25. The van der Waals surface area contributed by atoms with Gasteiger partial charge in [-0.15, -0.1) is 0 Å². The van der Waals surface area contributed by atoms with Gasteiger partial charge in [-0.2, -0.15) is 0 Å². The Kier molecular flexibility index (Phi) is 5.44. The van der Waals surface area contributed by atoms with Crippen LogP contribution in [0.15, 0.2) is 48.7 Å². The first-order chi connectivity index (χ1) is 16.6. The first-order valence-corrected chi connectivity index (χ1v) is 12.2. The fourth-order valence-corrected chi connectivity index (χ4v) is 5.07. The van der Waals surface area contributed by atoms with Gasteiger partial charge in [-0.25, -0.2) is 9.97 Å². The summed E-state index contributed by atoms with van der Waals surface area (Å²) >= 11 is 0. The highest BCUT2D eigenvalue weighted by molar-refractivity contribution is 5.82. The molecule has 0 unspecified atom stereocenters. The van der Waals surface area contributed by atoms with Gasteiger partial charge in [0, 0.05) is 11.8 Å². The molecule has 0 aliphatic carbocycles. The van der Waals surface area contributed by atoms with E-state index >= 15 is 0 Å². The molecule has 6 rings (SSSR count). The molecule has 0 bridgehead atoms. The zero-order valence-corrected chi connectivity index (χ0v) is 19.7. The number of rotatable bonds is 3. The lowest BCUT2D eigenvalue weighted by Gasteiger charge is -2.04. The van der Waals surface area contributed by atoms with Crippen molar-refractivity contribution in [2.45, 2.75) is 38.8 Å². The van der Waals surface area contributed by atoms with E-state index in [1.54, 1.807) is 0 Å². The molecule has 4 heterocycles. The lowest BCUT2D eigenvalue weighted by Crippen LogP contribution is -2.14. The smallest absolute Gasteiger partial charge is 0.131 e. The molecule has 0 saturated carbocycles. The van der Waals surface area contributed by atoms with Crippen molar-refractivity contribution in [3.8, 4) is 23.0 Å². The lowest BCUT2D eigenvalue weighted by atomic mass is 10.0. The van der Waals surface area contributed by atoms with Gasteiger partial charge < -0.3 is 20.6 Å². The Morgan fingerprint density at radius 3 is 2.21 bits per heavy atom. The third-order valence-electron chi connectivity index (χ3n) is 7.01. The number of aromatic nitrogens is 4. The maximum atomic E-state index is 4.88. The van der Waals surface area contributed by atoms with Gasteiger partial charge in [0.05, 0.1) is 23.1 Å². The van der Waals surface area contributed by atoms with E-state index in [2.05, 4.69) is 93.7 Å². The zero-order chi connectivity index (χ0) is 23.1. The summed E-state index contributed by atoms with van der Waals surface area (Å²) < 4.78 is 0. The number of H-pyrrole nitrogens is 2. The van der Waals surface area contributed by atoms with E-state index in [1.165, 1.54) is 0 Å². The third kappa shape index (κ3) is 4.25. The van der Waals surface area contributed by atoms with Gasteiger partial charge in [0.2, 0.25) is 0 Å². The standard InChI is InChI=1S/C28H30N6/c1-17-11-25(29-14-17)27-31-16-22(32-27)9-5-19-3-6-20(7-4-19)21-8-10-23-24(13-21)34-28(33-23)26-12-18(2)15-30-26/h3-4,6-8,10,13,16-18,25-26,29-30H,11-12,14-15H2,1-2H3,(H,31,32)(H,33,34)/t17-,18-,25-,26-/m0/s1. The summed E-state index contributed by atoms with van der Waals surface area (Å²) in [6.07, 6.45) is 4.14. The van der Waals surface area contributed by atoms with Crippen LogP contribution in [0.3, 0.4) is 0 Å². The predicted molar refractivity (Wildman–Crippen MR) is 135 cm³/mol. The second-order valence-electron chi connectivity index (χ2n) is 9.96. The van der Waals surface area contributed by atoms with Crippen LogP contribution in [0.4, 0.5) is 0 Å². The van der Waals surface area contributed by atoms with Gasteiger partial charge in [-0.1, -0.05) is 38.0 Å². The van der Waals surface area contributed by atoms with Crippen LogP contribution in [-0.4, -0.2) is 33.0 Å². The van der Waals surface area contributed by atoms with Crippen LogP contribution in [0.2, 0.25) is 0 Å². The van der Waals surface area contributed by atoms with Crippen molar-refractivity contribution >= 4 is 11.0 Å². The first-order valence-electron chi connectivity index (χ1n) is 12.2. The molecule has 2 aliphatic rings. The van der Waals surface area contributed by atoms with Gasteiger partial charge in [-0.3, -0.25) is 0 Å². The minimum Gasteiger partial charge on any atom is -0.346 e. The summed E-state index contributed by atoms with van der Waals surface area (Å²) in [5.74, 6) is 9.84. The Hall–Kier alpha value is -3.40. The Bertz CT molecular complexity index is 1370. The van der Waals surface area contributed by atoms with Crippen molar-refractivity contribution in [2.24, 2.45) is 11.8 Å². The van der Waals surface area contributed by atoms with Crippen LogP contribution in [0.25, 0.3) is 22.2 Å². The second-order valence-corrected chi connectivity index (χ2v) is 9.96. The molecule has 0 amide bonds. The van der Waals surface area contributed by atoms with E-state index in [1.807, 2.05) is 6.20 Å². The van der Waals surface area contributed by atoms with Crippen molar-refractivity contribution in [1.29, 1.82) is 0 Å². The largest absolute Gasteiger partial charge is 0.346 e. The van der Waals surface area contributed by atoms with E-state index in [0.29, 0.717) is 23.9 Å². The number of aromatic amines is 2. The zero-order valence-electron chi connectivity index (χ0n) is 19.7. The number of nitrogens with zero attached hydrogens (tertiary/aromatic N) is 2. The quantitative estimate of drug-likeness (QED) is 0.341. The van der Waals surface area contributed by atoms with Gasteiger partial charge in [0.25, 0.3) is 0 Å². The molecule has 6 nitrogen and oxygen atoms in total. The number of fused-ring (bicyclic) bond motifs is 1. The summed E-state index contributed by atoms with van der Waals surface area (Å²) in [6.45, 7) is 6.64. The second kappa shape index (κ2) is 8.75. The lowest BCUT2D eigenvalue weighted by molar-refractivity contribution is 0.587. The predicted octanol–water partition coefficient (Wildman–Crippen LogP) is 4.69. The molecule has 2 aliphatic heterocycles. The highest BCUT2D eigenvalue weighted by atomic mass is 15.1. The van der Waals surface area contributed by atoms with Gasteiger partial charge in [0.15, 0.2) is 0 Å². The minimum atomic E-state index is 0.311. The van der Waals surface area contributed by atoms with Crippen molar-refractivity contribution in [1.82, 2.24) is 30.6 Å². The van der Waals surface area contributed by atoms with Gasteiger partial charge >= 0.3 is 0 Å². The van der Waals surface area contributed by atoms with E-state index in [0.717, 1.165) is 71.0 Å². The summed E-state index contributed by atoms with van der Waals surface area (Å²) in [6, 6.07) is 15.5. The number of imidazole rings is 2. The molecular formula is C28H30N6. The number of benzene rings is 2. The Morgan fingerprint density at radius 2 is 1.50 bits per heavy atom. The van der Waals surface area contributed by atoms with Crippen LogP contribution < -0.4 is 10.6 Å². The van der Waals surface area contributed by atoms with Crippen LogP contribution in [0, 0.1) is 23.7 Å². The monoisotopic (exact) mass is 450 g/mol. The maximum Gasteiger partial charge on any atom is 0.131 e. The van der Waals surface area contributed by atoms with Crippen LogP contribution in [-0.2, 0) is 0 Å². The van der Waals surface area contributed by atoms with Crippen molar-refractivity contribution in [2.75, 3.05) is 13.1 Å². The third-order valence-corrected chi connectivity index (χ3v) is 7.01. The topological polar surface area (TPSA) is 81.4 Å². The number of nitrogens with one attached hydrogen (secondary N) is 4. The fourth-order valence-electron chi connectivity index (χ4n) is 5.07. The number of hydrogen-bond donors (Lipinski definition) is 4. The van der Waals surface area contributed by atoms with E-state index < -0.39 is 0 Å². The van der Waals surface area contributed by atoms with Crippen molar-refractivity contribution in [3.05, 3.63) is 71.6 Å². The average molecular weight is 451 g/mol. The van der Waals surface area contributed by atoms with Crippen LogP contribution in [0.5, 0.6) is 0 Å². The molecule has 2 aromatic carbocycles. The molecule has 4 N–H and O–H groups in total. The average Bonchev–Trinajstić information content (AvgIpc) is 3.64. The molecule has 4 atom stereocenters. The SMILES string of the molecule is C[C@@H]1CN[C@H](c2nc(C#Cc3ccc(-c4ccc5[nH]c([C@@H]6C[C@H](C)CN6)nc5c4)cc3)c[nH]2)C1. The molecule has 172 valence electrons. The molecule has 0 radical (unpaired) electrons. The Labute approximate surface area is 200 Å². The number of hydrogen-bond acceptors (Lipinski definition) is 4. The highest BCUT2D eigenvalue weighted by Crippen LogP contribution is 2.29. The molecule has 4 aromatic rings. The van der Waals surface area contributed by atoms with E-state index in [4.69, 9.17) is 4.98 Å². The summed E-state index contributed by atoms with van der Waals surface area (Å²) in [5, 5.41) is 7.07. The summed E-state index contributed by atoms with van der Waals surface area (Å²) in [5.41, 5.74) is 6.18. The van der Waals surface area contributed by atoms with Crippen molar-refractivity contribution in [3.63, 3.8) is 0 Å². The Morgan fingerprint density at radius 1 is 0.794 bits per heavy atom. The molecule has 0 spiro atoms. The Balaban J connectivity index is 1.17. The van der Waals surface area contributed by atoms with E-state index in [9.17, 15) is 0 Å². The molecule has 2 aromatic heterocycles. The van der Waals surface area contributed by atoms with Gasteiger partial charge in [0.1, 0.15) is 17.3 Å². The van der Waals surface area contributed by atoms with E-state index in [-0.39, 0.29) is 0 Å². The molecule has 34 heavy (non-hydrogen) atoms. The first kappa shape index (κ1) is 21.2. The minimum absolute atomic E-state index is 0.311. The van der Waals surface area contributed by atoms with Crippen LogP contribution >= 0.6 is 0 Å². The molecule has 2 saturated heterocycles. The molecule has 2 fully saturated rings. The molecule has 6 heteroatoms. The normalized spacial score (nSPS) is 24.4. The summed E-state index contributed by atoms with van der Waals surface area (Å²) in [4.78, 5) is 16.3. The summed E-state index contributed by atoms with van der Waals surface area (Å²) in [7, 11) is 0.